The summed E-state index contributed by atoms with van der Waals surface area (Å²) in [5.74, 6) is 1.38. The Balaban J connectivity index is 1.61. The first-order valence-electron chi connectivity index (χ1n) is 8.25. The van der Waals surface area contributed by atoms with Crippen LogP contribution in [0.2, 0.25) is 5.02 Å². The molecule has 128 valence electrons. The topological polar surface area (TPSA) is 49.8 Å². The lowest BCUT2D eigenvalue weighted by atomic mass is 10.1. The van der Waals surface area contributed by atoms with Crippen LogP contribution in [0.3, 0.4) is 0 Å². The first-order valence-corrected chi connectivity index (χ1v) is 8.63. The van der Waals surface area contributed by atoms with Crippen LogP contribution in [-0.2, 0) is 6.42 Å². The Labute approximate surface area is 153 Å². The number of hydrogen-bond acceptors (Lipinski definition) is 4. The smallest absolute Gasteiger partial charge is 0.224 e. The van der Waals surface area contributed by atoms with E-state index in [0.717, 1.165) is 29.5 Å². The second-order valence-corrected chi connectivity index (χ2v) is 6.51. The summed E-state index contributed by atoms with van der Waals surface area (Å²) in [6, 6.07) is 16.1. The Morgan fingerprint density at radius 1 is 1.00 bits per heavy atom. The van der Waals surface area contributed by atoms with Crippen molar-refractivity contribution < 1.29 is 0 Å². The van der Waals surface area contributed by atoms with Crippen LogP contribution in [-0.4, -0.2) is 16.5 Å². The van der Waals surface area contributed by atoms with E-state index >= 15 is 0 Å². The van der Waals surface area contributed by atoms with Crippen molar-refractivity contribution in [3.05, 3.63) is 76.4 Å². The number of nitrogens with zero attached hydrogens (tertiary/aromatic N) is 2. The second-order valence-electron chi connectivity index (χ2n) is 6.07. The highest BCUT2D eigenvalue weighted by atomic mass is 35.5. The first-order chi connectivity index (χ1) is 12.1. The van der Waals surface area contributed by atoms with Crippen molar-refractivity contribution in [3.63, 3.8) is 0 Å². The molecule has 0 radical (unpaired) electrons. The maximum Gasteiger partial charge on any atom is 0.224 e. The van der Waals surface area contributed by atoms with Gasteiger partial charge in [-0.1, -0.05) is 29.8 Å². The predicted molar refractivity (Wildman–Crippen MR) is 105 cm³/mol. The van der Waals surface area contributed by atoms with Gasteiger partial charge in [-0.05, 0) is 67.3 Å². The Kier molecular flexibility index (Phi) is 5.51. The first kappa shape index (κ1) is 17.2. The van der Waals surface area contributed by atoms with Crippen molar-refractivity contribution in [1.29, 1.82) is 0 Å². The largest absolute Gasteiger partial charge is 0.354 e. The zero-order valence-corrected chi connectivity index (χ0v) is 15.1. The van der Waals surface area contributed by atoms with Crippen LogP contribution in [0.15, 0.2) is 54.7 Å². The fourth-order valence-corrected chi connectivity index (χ4v) is 2.93. The van der Waals surface area contributed by atoms with E-state index in [2.05, 4.69) is 58.7 Å². The predicted octanol–water partition coefficient (Wildman–Crippen LogP) is 5.15. The van der Waals surface area contributed by atoms with E-state index in [9.17, 15) is 0 Å². The van der Waals surface area contributed by atoms with E-state index in [1.165, 1.54) is 16.7 Å². The molecule has 0 aliphatic heterocycles. The number of hydrogen-bond donors (Lipinski definition) is 2. The van der Waals surface area contributed by atoms with Crippen LogP contribution in [0.1, 0.15) is 16.7 Å². The molecule has 3 aromatic rings. The van der Waals surface area contributed by atoms with Crippen LogP contribution in [0.4, 0.5) is 17.5 Å². The van der Waals surface area contributed by atoms with Gasteiger partial charge in [-0.25, -0.2) is 4.98 Å². The highest BCUT2D eigenvalue weighted by Gasteiger charge is 2.02. The standard InChI is InChI=1S/C20H21ClN4/c1-14-10-15(2)12-18(11-14)24-19-7-9-23-20(25-19)22-8-6-16-4-3-5-17(21)13-16/h3-5,7,9-13H,6,8H2,1-2H3,(H2,22,23,24,25). The summed E-state index contributed by atoms with van der Waals surface area (Å²) >= 11 is 6.01. The maximum absolute atomic E-state index is 6.01. The van der Waals surface area contributed by atoms with Crippen molar-refractivity contribution in [2.75, 3.05) is 17.2 Å². The molecule has 0 saturated heterocycles. The number of rotatable bonds is 6. The van der Waals surface area contributed by atoms with Crippen molar-refractivity contribution in [3.8, 4) is 0 Å². The van der Waals surface area contributed by atoms with Gasteiger partial charge in [0, 0.05) is 23.5 Å². The normalized spacial score (nSPS) is 10.5. The third-order valence-corrected chi connectivity index (χ3v) is 3.97. The summed E-state index contributed by atoms with van der Waals surface area (Å²) in [4.78, 5) is 8.79. The third-order valence-electron chi connectivity index (χ3n) is 3.74. The SMILES string of the molecule is Cc1cc(C)cc(Nc2ccnc(NCCc3cccc(Cl)c3)n2)c1. The van der Waals surface area contributed by atoms with Crippen LogP contribution >= 0.6 is 11.6 Å². The van der Waals surface area contributed by atoms with E-state index in [0.29, 0.717) is 5.95 Å². The molecule has 3 rings (SSSR count). The summed E-state index contributed by atoms with van der Waals surface area (Å²) in [6.07, 6.45) is 2.61. The van der Waals surface area contributed by atoms with Crippen LogP contribution in [0.25, 0.3) is 0 Å². The van der Waals surface area contributed by atoms with Gasteiger partial charge in [0.15, 0.2) is 0 Å². The molecule has 0 amide bonds. The van der Waals surface area contributed by atoms with E-state index in [4.69, 9.17) is 11.6 Å². The van der Waals surface area contributed by atoms with E-state index < -0.39 is 0 Å². The molecule has 5 heteroatoms. The molecule has 0 atom stereocenters. The van der Waals surface area contributed by atoms with Gasteiger partial charge < -0.3 is 10.6 Å². The van der Waals surface area contributed by atoms with Crippen molar-refractivity contribution in [2.45, 2.75) is 20.3 Å². The molecular weight excluding hydrogens is 332 g/mol. The summed E-state index contributed by atoms with van der Waals surface area (Å²) < 4.78 is 0. The molecule has 0 spiro atoms. The van der Waals surface area contributed by atoms with Gasteiger partial charge in [0.05, 0.1) is 0 Å². The molecule has 0 aliphatic carbocycles. The lowest BCUT2D eigenvalue weighted by Crippen LogP contribution is -2.08. The number of benzene rings is 2. The molecular formula is C20H21ClN4. The summed E-state index contributed by atoms with van der Waals surface area (Å²) in [6.45, 7) is 4.91. The molecule has 0 fully saturated rings. The Morgan fingerprint density at radius 2 is 1.80 bits per heavy atom. The number of aryl methyl sites for hydroxylation is 2. The number of aromatic nitrogens is 2. The summed E-state index contributed by atoms with van der Waals surface area (Å²) in [7, 11) is 0. The number of nitrogens with one attached hydrogen (secondary N) is 2. The molecule has 0 unspecified atom stereocenters. The minimum Gasteiger partial charge on any atom is -0.354 e. The van der Waals surface area contributed by atoms with Gasteiger partial charge in [-0.2, -0.15) is 4.98 Å². The average molecular weight is 353 g/mol. The quantitative estimate of drug-likeness (QED) is 0.644. The molecule has 2 aromatic carbocycles. The Hall–Kier alpha value is -2.59. The monoisotopic (exact) mass is 352 g/mol. The van der Waals surface area contributed by atoms with Crippen LogP contribution in [0, 0.1) is 13.8 Å². The van der Waals surface area contributed by atoms with Crippen molar-refractivity contribution >= 4 is 29.1 Å². The molecule has 1 heterocycles. The average Bonchev–Trinajstić information content (AvgIpc) is 2.54. The lowest BCUT2D eigenvalue weighted by molar-refractivity contribution is 0.985. The second kappa shape index (κ2) is 7.99. The van der Waals surface area contributed by atoms with Crippen LogP contribution < -0.4 is 10.6 Å². The minimum atomic E-state index is 0.608. The highest BCUT2D eigenvalue weighted by molar-refractivity contribution is 6.30. The van der Waals surface area contributed by atoms with Gasteiger partial charge in [0.25, 0.3) is 0 Å². The molecule has 25 heavy (non-hydrogen) atoms. The zero-order chi connectivity index (χ0) is 17.6. The fourth-order valence-electron chi connectivity index (χ4n) is 2.72. The van der Waals surface area contributed by atoms with Crippen molar-refractivity contribution in [2.24, 2.45) is 0 Å². The van der Waals surface area contributed by atoms with E-state index in [1.807, 2.05) is 24.3 Å². The summed E-state index contributed by atoms with van der Waals surface area (Å²) in [5.41, 5.74) is 4.65. The number of halogens is 1. The van der Waals surface area contributed by atoms with Gasteiger partial charge in [0.1, 0.15) is 5.82 Å². The van der Waals surface area contributed by atoms with E-state index in [1.54, 1.807) is 6.20 Å². The molecule has 0 aliphatic rings. The molecule has 2 N–H and O–H groups in total. The maximum atomic E-state index is 6.01. The molecule has 0 bridgehead atoms. The molecule has 1 aromatic heterocycles. The minimum absolute atomic E-state index is 0.608. The third kappa shape index (κ3) is 5.19. The molecule has 4 nitrogen and oxygen atoms in total. The fraction of sp³-hybridized carbons (Fsp3) is 0.200. The van der Waals surface area contributed by atoms with Crippen molar-refractivity contribution in [1.82, 2.24) is 9.97 Å². The van der Waals surface area contributed by atoms with Gasteiger partial charge >= 0.3 is 0 Å². The highest BCUT2D eigenvalue weighted by Crippen LogP contribution is 2.18. The molecule has 0 saturated carbocycles. The Morgan fingerprint density at radius 3 is 2.56 bits per heavy atom. The van der Waals surface area contributed by atoms with E-state index in [-0.39, 0.29) is 0 Å². The number of anilines is 3. The summed E-state index contributed by atoms with van der Waals surface area (Å²) in [5, 5.41) is 7.35. The van der Waals surface area contributed by atoms with Crippen LogP contribution in [0.5, 0.6) is 0 Å². The Bertz CT molecular complexity index is 844. The lowest BCUT2D eigenvalue weighted by Gasteiger charge is -2.10. The van der Waals surface area contributed by atoms with Gasteiger partial charge in [-0.3, -0.25) is 0 Å². The zero-order valence-electron chi connectivity index (χ0n) is 14.4. The van der Waals surface area contributed by atoms with Gasteiger partial charge in [0.2, 0.25) is 5.95 Å². The van der Waals surface area contributed by atoms with Gasteiger partial charge in [-0.15, -0.1) is 0 Å².